The number of piperazine rings is 1. The van der Waals surface area contributed by atoms with Crippen molar-refractivity contribution in [2.75, 3.05) is 36.4 Å². The molecule has 2 heterocycles. The van der Waals surface area contributed by atoms with Crippen LogP contribution in [0, 0.1) is 10.1 Å². The van der Waals surface area contributed by atoms with Crippen molar-refractivity contribution < 1.29 is 27.6 Å². The number of alkyl halides is 3. The van der Waals surface area contributed by atoms with E-state index in [1.807, 2.05) is 17.9 Å². The summed E-state index contributed by atoms with van der Waals surface area (Å²) in [6.07, 6.45) is 2.80. The number of nitro groups is 1. The van der Waals surface area contributed by atoms with E-state index in [4.69, 9.17) is 4.74 Å². The quantitative estimate of drug-likeness (QED) is 0.364. The number of pyridine rings is 1. The van der Waals surface area contributed by atoms with Crippen LogP contribution in [0.1, 0.15) is 51.0 Å². The minimum Gasteiger partial charge on any atom is -0.489 e. The average Bonchev–Trinajstić information content (AvgIpc) is 2.89. The summed E-state index contributed by atoms with van der Waals surface area (Å²) in [5.74, 6) is 0.857. The molecule has 4 rings (SSSR count). The van der Waals surface area contributed by atoms with E-state index in [9.17, 15) is 28.1 Å². The maximum absolute atomic E-state index is 13.3. The Morgan fingerprint density at radius 2 is 1.84 bits per heavy atom. The van der Waals surface area contributed by atoms with Crippen LogP contribution in [0.4, 0.5) is 30.2 Å². The number of benzene rings is 1. The van der Waals surface area contributed by atoms with Crippen molar-refractivity contribution in [3.8, 4) is 5.75 Å². The first kappa shape index (κ1) is 27.5. The second kappa shape index (κ2) is 11.9. The first-order valence-corrected chi connectivity index (χ1v) is 12.9. The molecule has 0 unspecified atom stereocenters. The Labute approximate surface area is 219 Å². The number of carbonyl (C=O) groups is 1. The highest BCUT2D eigenvalue weighted by Gasteiger charge is 2.38. The summed E-state index contributed by atoms with van der Waals surface area (Å²) < 4.78 is 46.0. The van der Waals surface area contributed by atoms with Gasteiger partial charge in [0.2, 0.25) is 5.91 Å². The number of aromatic nitrogens is 1. The number of anilines is 2. The molecule has 1 amide bonds. The Bertz CT molecular complexity index is 1130. The summed E-state index contributed by atoms with van der Waals surface area (Å²) in [7, 11) is 0. The van der Waals surface area contributed by atoms with Crippen LogP contribution in [0.3, 0.4) is 0 Å². The molecular weight excluding hydrogens is 503 g/mol. The number of nitrogens with zero attached hydrogens (tertiary/aromatic N) is 4. The lowest BCUT2D eigenvalue weighted by atomic mass is 9.92. The minimum absolute atomic E-state index is 0.0452. The Morgan fingerprint density at radius 3 is 2.47 bits per heavy atom. The number of rotatable bonds is 8. The van der Waals surface area contributed by atoms with Gasteiger partial charge in [0.1, 0.15) is 11.3 Å². The zero-order valence-corrected chi connectivity index (χ0v) is 21.2. The first-order chi connectivity index (χ1) is 18.1. The second-order valence-corrected chi connectivity index (χ2v) is 9.72. The van der Waals surface area contributed by atoms with Gasteiger partial charge in [0.25, 0.3) is 5.69 Å². The van der Waals surface area contributed by atoms with Crippen LogP contribution in [0.5, 0.6) is 5.75 Å². The van der Waals surface area contributed by atoms with Crippen molar-refractivity contribution in [2.45, 2.75) is 63.8 Å². The Morgan fingerprint density at radius 1 is 1.13 bits per heavy atom. The van der Waals surface area contributed by atoms with Gasteiger partial charge in [0.05, 0.1) is 29.1 Å². The summed E-state index contributed by atoms with van der Waals surface area (Å²) in [4.78, 5) is 30.5. The molecule has 0 atom stereocenters. The van der Waals surface area contributed by atoms with E-state index in [-0.39, 0.29) is 23.7 Å². The normalized spacial score (nSPS) is 20.2. The molecule has 0 bridgehead atoms. The van der Waals surface area contributed by atoms with Crippen LogP contribution < -0.4 is 15.0 Å². The van der Waals surface area contributed by atoms with Gasteiger partial charge in [-0.2, -0.15) is 13.2 Å². The van der Waals surface area contributed by atoms with E-state index < -0.39 is 22.4 Å². The van der Waals surface area contributed by atoms with Crippen LogP contribution in [0.25, 0.3) is 0 Å². The van der Waals surface area contributed by atoms with E-state index >= 15 is 0 Å². The third-order valence-electron chi connectivity index (χ3n) is 7.01. The highest BCUT2D eigenvalue weighted by Crippen LogP contribution is 2.38. The summed E-state index contributed by atoms with van der Waals surface area (Å²) in [5, 5.41) is 14.1. The number of ether oxygens (including phenoxy) is 1. The fraction of sp³-hybridized carbons (Fsp3) is 0.538. The molecule has 38 heavy (non-hydrogen) atoms. The predicted molar refractivity (Wildman–Crippen MR) is 136 cm³/mol. The predicted octanol–water partition coefficient (Wildman–Crippen LogP) is 5.26. The van der Waals surface area contributed by atoms with E-state index in [0.717, 1.165) is 37.3 Å². The lowest BCUT2D eigenvalue weighted by Gasteiger charge is -2.36. The number of carbonyl (C=O) groups excluding carboxylic acids is 1. The van der Waals surface area contributed by atoms with Gasteiger partial charge in [-0.3, -0.25) is 19.9 Å². The minimum atomic E-state index is -4.81. The Hall–Kier alpha value is -3.57. The lowest BCUT2D eigenvalue weighted by molar-refractivity contribution is -0.388. The van der Waals surface area contributed by atoms with Crippen molar-refractivity contribution in [1.29, 1.82) is 0 Å². The molecule has 9 nitrogen and oxygen atoms in total. The number of hydrogen-bond donors (Lipinski definition) is 1. The van der Waals surface area contributed by atoms with E-state index in [2.05, 4.69) is 15.2 Å². The third-order valence-corrected chi connectivity index (χ3v) is 7.01. The highest BCUT2D eigenvalue weighted by molar-refractivity contribution is 5.76. The number of hydrogen-bond acceptors (Lipinski definition) is 7. The van der Waals surface area contributed by atoms with Gasteiger partial charge in [-0.05, 0) is 44.2 Å². The van der Waals surface area contributed by atoms with Crippen LogP contribution in [-0.2, 0) is 11.0 Å². The highest BCUT2D eigenvalue weighted by atomic mass is 19.4. The van der Waals surface area contributed by atoms with Gasteiger partial charge in [0.15, 0.2) is 0 Å². The fourth-order valence-electron chi connectivity index (χ4n) is 5.00. The smallest absolute Gasteiger partial charge is 0.423 e. The Kier molecular flexibility index (Phi) is 8.58. The molecule has 1 aromatic heterocycles. The molecule has 206 valence electrons. The number of amides is 1. The van der Waals surface area contributed by atoms with Crippen LogP contribution in [0.15, 0.2) is 36.7 Å². The monoisotopic (exact) mass is 535 g/mol. The molecule has 1 aliphatic heterocycles. The molecule has 1 saturated heterocycles. The van der Waals surface area contributed by atoms with Crippen molar-refractivity contribution >= 4 is 23.0 Å². The van der Waals surface area contributed by atoms with Crippen molar-refractivity contribution in [3.63, 3.8) is 0 Å². The molecule has 0 radical (unpaired) electrons. The molecule has 0 spiro atoms. The summed E-state index contributed by atoms with van der Waals surface area (Å²) in [6.45, 7) is 4.83. The zero-order chi connectivity index (χ0) is 27.3. The zero-order valence-electron chi connectivity index (χ0n) is 21.2. The summed E-state index contributed by atoms with van der Waals surface area (Å²) >= 11 is 0. The molecule has 1 aliphatic carbocycles. The van der Waals surface area contributed by atoms with Crippen molar-refractivity contribution in [1.82, 2.24) is 9.88 Å². The largest absolute Gasteiger partial charge is 0.489 e. The van der Waals surface area contributed by atoms with Crippen LogP contribution in [0.2, 0.25) is 0 Å². The molecule has 2 aliphatic rings. The SMILES string of the molecule is CCCC(=O)N1CCN(c2cncc(O[C@H]3CC[C@H](Nc4ccc([N+](=O)[O-])c(C(F)(F)F)c4)CC3)c2)CC1. The molecule has 1 N–H and O–H groups in total. The van der Waals surface area contributed by atoms with Crippen molar-refractivity contribution in [2.24, 2.45) is 0 Å². The standard InChI is InChI=1S/C26H32F3N5O4/c1-2-3-25(35)33-12-10-32(11-13-33)20-15-22(17-30-16-20)38-21-7-4-18(5-8-21)31-19-6-9-24(34(36)37)23(14-19)26(27,28)29/h6,9,14-18,21,31H,2-5,7-8,10-13H2,1H3/t18-,21-. The van der Waals surface area contributed by atoms with Gasteiger partial charge in [-0.1, -0.05) is 6.92 Å². The second-order valence-electron chi connectivity index (χ2n) is 9.72. The molecule has 1 aromatic carbocycles. The number of nitrogens with one attached hydrogen (secondary N) is 1. The lowest BCUT2D eigenvalue weighted by Crippen LogP contribution is -2.48. The molecule has 12 heteroatoms. The first-order valence-electron chi connectivity index (χ1n) is 12.9. The number of halogens is 3. The van der Waals surface area contributed by atoms with Crippen molar-refractivity contribution in [3.05, 3.63) is 52.3 Å². The van der Waals surface area contributed by atoms with E-state index in [1.165, 1.54) is 6.07 Å². The topological polar surface area (TPSA) is 101 Å². The fourth-order valence-corrected chi connectivity index (χ4v) is 5.00. The van der Waals surface area contributed by atoms with Gasteiger partial charge in [-0.25, -0.2) is 0 Å². The van der Waals surface area contributed by atoms with E-state index in [1.54, 1.807) is 12.4 Å². The van der Waals surface area contributed by atoms with E-state index in [0.29, 0.717) is 50.9 Å². The molecule has 2 aromatic rings. The Balaban J connectivity index is 1.29. The van der Waals surface area contributed by atoms with Gasteiger partial charge in [0, 0.05) is 56.5 Å². The number of nitro benzene ring substituents is 1. The summed E-state index contributed by atoms with van der Waals surface area (Å²) in [6, 6.07) is 4.90. The molecular formula is C26H32F3N5O4. The maximum atomic E-state index is 13.3. The maximum Gasteiger partial charge on any atom is 0.423 e. The molecule has 2 fully saturated rings. The van der Waals surface area contributed by atoms with Gasteiger partial charge < -0.3 is 19.9 Å². The average molecular weight is 536 g/mol. The summed E-state index contributed by atoms with van der Waals surface area (Å²) in [5.41, 5.74) is -1.06. The molecule has 1 saturated carbocycles. The van der Waals surface area contributed by atoms with Gasteiger partial charge in [-0.15, -0.1) is 0 Å². The van der Waals surface area contributed by atoms with Crippen LogP contribution >= 0.6 is 0 Å². The third kappa shape index (κ3) is 6.84. The van der Waals surface area contributed by atoms with Crippen LogP contribution in [-0.4, -0.2) is 59.0 Å². The van der Waals surface area contributed by atoms with Gasteiger partial charge >= 0.3 is 6.18 Å².